The normalized spacial score (nSPS) is 14.9. The van der Waals surface area contributed by atoms with Crippen LogP contribution in [0.1, 0.15) is 21.5 Å². The molecule has 0 radical (unpaired) electrons. The Morgan fingerprint density at radius 1 is 1.11 bits per heavy atom. The third kappa shape index (κ3) is 4.68. The predicted octanol–water partition coefficient (Wildman–Crippen LogP) is 4.95. The minimum atomic E-state index is -0.964. The van der Waals surface area contributed by atoms with Crippen molar-refractivity contribution < 1.29 is 14.7 Å². The van der Waals surface area contributed by atoms with Gasteiger partial charge in [0.15, 0.2) is 5.82 Å². The molecule has 1 amide bonds. The second-order valence-corrected chi connectivity index (χ2v) is 9.76. The van der Waals surface area contributed by atoms with Gasteiger partial charge in [-0.25, -0.2) is 4.79 Å². The Balaban J connectivity index is 1.32. The molecule has 0 saturated carbocycles. The number of anilines is 1. The van der Waals surface area contributed by atoms with Crippen LogP contribution in [0.2, 0.25) is 0 Å². The first-order valence-electron chi connectivity index (χ1n) is 10.8. The molecule has 1 aliphatic rings. The van der Waals surface area contributed by atoms with Crippen molar-refractivity contribution in [2.45, 2.75) is 6.42 Å². The predicted molar refractivity (Wildman–Crippen MR) is 143 cm³/mol. The van der Waals surface area contributed by atoms with Crippen LogP contribution in [0.4, 0.5) is 5.82 Å². The summed E-state index contributed by atoms with van der Waals surface area (Å²) in [6.45, 7) is 0.432. The fourth-order valence-electron chi connectivity index (χ4n) is 3.93. The van der Waals surface area contributed by atoms with Crippen LogP contribution < -0.4 is 5.73 Å². The van der Waals surface area contributed by atoms with Crippen LogP contribution in [-0.4, -0.2) is 42.9 Å². The lowest BCUT2D eigenvalue weighted by molar-refractivity contribution is -0.122. The highest BCUT2D eigenvalue weighted by Gasteiger charge is 2.31. The van der Waals surface area contributed by atoms with E-state index in [0.29, 0.717) is 28.0 Å². The molecule has 0 bridgehead atoms. The van der Waals surface area contributed by atoms with E-state index in [1.54, 1.807) is 29.2 Å². The number of nitrogens with one attached hydrogen (secondary N) is 1. The lowest BCUT2D eigenvalue weighted by Crippen LogP contribution is -2.30. The van der Waals surface area contributed by atoms with Gasteiger partial charge in [0.25, 0.3) is 5.91 Å². The number of H-pyrrole nitrogens is 1. The molecule has 7 nitrogen and oxygen atoms in total. The number of nitrogens with zero attached hydrogens (tertiary/aromatic N) is 2. The zero-order valence-electron chi connectivity index (χ0n) is 18.4. The number of aromatic amines is 1. The summed E-state index contributed by atoms with van der Waals surface area (Å²) < 4.78 is 0.516. The number of carbonyl (C=O) groups excluding carboxylic acids is 1. The first kappa shape index (κ1) is 22.8. The number of hydrogen-bond donors (Lipinski definition) is 3. The number of carbonyl (C=O) groups is 2. The summed E-state index contributed by atoms with van der Waals surface area (Å²) in [5, 5.41) is 16.9. The average Bonchev–Trinajstić information content (AvgIpc) is 3.36. The van der Waals surface area contributed by atoms with E-state index in [-0.39, 0.29) is 11.5 Å². The number of hydrogen-bond acceptors (Lipinski definition) is 6. The minimum Gasteiger partial charge on any atom is -0.478 e. The van der Waals surface area contributed by atoms with Crippen LogP contribution in [0.3, 0.4) is 0 Å². The fourth-order valence-corrected chi connectivity index (χ4v) is 5.24. The molecular formula is C26H20N4O3S2. The van der Waals surface area contributed by atoms with Gasteiger partial charge in [0.05, 0.1) is 16.0 Å². The number of fused-ring (bicyclic) bond motifs is 1. The first-order valence-corrected chi connectivity index (χ1v) is 12.0. The number of carboxylic acid groups (broad SMARTS) is 1. The molecule has 174 valence electrons. The highest BCUT2D eigenvalue weighted by atomic mass is 32.2. The molecule has 0 aliphatic carbocycles. The highest BCUT2D eigenvalue weighted by Crippen LogP contribution is 2.33. The molecule has 1 fully saturated rings. The summed E-state index contributed by atoms with van der Waals surface area (Å²) in [7, 11) is 0. The molecule has 1 saturated heterocycles. The van der Waals surface area contributed by atoms with Crippen LogP contribution in [0.15, 0.2) is 71.6 Å². The van der Waals surface area contributed by atoms with Crippen LogP contribution in [0, 0.1) is 0 Å². The van der Waals surface area contributed by atoms with E-state index in [9.17, 15) is 9.59 Å². The van der Waals surface area contributed by atoms with Crippen LogP contribution >= 0.6 is 24.0 Å². The average molecular weight is 501 g/mol. The molecule has 9 heteroatoms. The third-order valence-corrected chi connectivity index (χ3v) is 7.19. The van der Waals surface area contributed by atoms with Gasteiger partial charge < -0.3 is 10.8 Å². The maximum atomic E-state index is 13.0. The van der Waals surface area contributed by atoms with E-state index in [1.165, 1.54) is 11.8 Å². The number of nitrogen functional groups attached to an aromatic ring is 1. The van der Waals surface area contributed by atoms with Gasteiger partial charge in [-0.2, -0.15) is 5.10 Å². The molecule has 4 aromatic rings. The Bertz CT molecular complexity index is 1510. The number of benzene rings is 3. The number of thioether (sulfide) groups is 1. The molecule has 2 heterocycles. The van der Waals surface area contributed by atoms with E-state index in [1.807, 2.05) is 48.5 Å². The molecule has 4 N–H and O–H groups in total. The van der Waals surface area contributed by atoms with E-state index >= 15 is 0 Å². The largest absolute Gasteiger partial charge is 0.478 e. The lowest BCUT2D eigenvalue weighted by atomic mass is 10.0. The van der Waals surface area contributed by atoms with Crippen LogP contribution in [0.25, 0.3) is 28.1 Å². The number of aromatic nitrogens is 2. The minimum absolute atomic E-state index is 0.123. The SMILES string of the molecule is Nc1n[nH]c2cc(-c3cccc(C=C4SC(=S)N(CCc5ccc(C(=O)O)cc5)C4=O)c3)ccc12. The quantitative estimate of drug-likeness (QED) is 0.254. The van der Waals surface area contributed by atoms with E-state index in [2.05, 4.69) is 10.2 Å². The van der Waals surface area contributed by atoms with Gasteiger partial charge in [0.2, 0.25) is 0 Å². The summed E-state index contributed by atoms with van der Waals surface area (Å²) in [4.78, 5) is 26.2. The number of nitrogens with two attached hydrogens (primary N) is 1. The smallest absolute Gasteiger partial charge is 0.335 e. The van der Waals surface area contributed by atoms with Gasteiger partial charge in [0, 0.05) is 11.9 Å². The number of rotatable bonds is 6. The van der Waals surface area contributed by atoms with Crippen molar-refractivity contribution in [1.29, 1.82) is 0 Å². The Morgan fingerprint density at radius 2 is 1.89 bits per heavy atom. The van der Waals surface area contributed by atoms with Crippen molar-refractivity contribution in [3.05, 3.63) is 88.3 Å². The van der Waals surface area contributed by atoms with Gasteiger partial charge in [-0.05, 0) is 65.1 Å². The van der Waals surface area contributed by atoms with Crippen molar-refractivity contribution in [1.82, 2.24) is 15.1 Å². The van der Waals surface area contributed by atoms with Crippen LogP contribution in [-0.2, 0) is 11.2 Å². The van der Waals surface area contributed by atoms with Crippen molar-refractivity contribution in [2.24, 2.45) is 0 Å². The topological polar surface area (TPSA) is 112 Å². The highest BCUT2D eigenvalue weighted by molar-refractivity contribution is 8.26. The van der Waals surface area contributed by atoms with E-state index in [0.717, 1.165) is 33.2 Å². The number of thiocarbonyl (C=S) groups is 1. The van der Waals surface area contributed by atoms with Gasteiger partial charge in [-0.1, -0.05) is 60.4 Å². The summed E-state index contributed by atoms with van der Waals surface area (Å²) in [6.07, 6.45) is 2.44. The molecule has 0 unspecified atom stereocenters. The van der Waals surface area contributed by atoms with Gasteiger partial charge >= 0.3 is 5.97 Å². The lowest BCUT2D eigenvalue weighted by Gasteiger charge is -2.14. The Morgan fingerprint density at radius 3 is 2.66 bits per heavy atom. The van der Waals surface area contributed by atoms with Crippen molar-refractivity contribution in [2.75, 3.05) is 12.3 Å². The van der Waals surface area contributed by atoms with Gasteiger partial charge in [-0.15, -0.1) is 0 Å². The molecule has 5 rings (SSSR count). The standard InChI is InChI=1S/C26H20N4O3S2/c27-23-20-9-8-19(14-21(20)28-29-23)18-3-1-2-16(12-18)13-22-24(31)30(26(34)35-22)11-10-15-4-6-17(7-5-15)25(32)33/h1-9,12-14H,10-11H2,(H,32,33)(H3,27,28,29). The van der Waals surface area contributed by atoms with E-state index in [4.69, 9.17) is 23.1 Å². The van der Waals surface area contributed by atoms with Gasteiger partial charge in [0.1, 0.15) is 4.32 Å². The third-order valence-electron chi connectivity index (χ3n) is 5.81. The summed E-state index contributed by atoms with van der Waals surface area (Å²) in [5.74, 6) is -0.615. The van der Waals surface area contributed by atoms with Crippen molar-refractivity contribution in [3.8, 4) is 11.1 Å². The number of carboxylic acids is 1. The van der Waals surface area contributed by atoms with Gasteiger partial charge in [-0.3, -0.25) is 14.8 Å². The zero-order valence-corrected chi connectivity index (χ0v) is 20.0. The molecular weight excluding hydrogens is 480 g/mol. The summed E-state index contributed by atoms with van der Waals surface area (Å²) in [6, 6.07) is 20.5. The first-order chi connectivity index (χ1) is 16.9. The van der Waals surface area contributed by atoms with Crippen LogP contribution in [0.5, 0.6) is 0 Å². The Labute approximate surface area is 210 Å². The maximum absolute atomic E-state index is 13.0. The number of amides is 1. The second-order valence-electron chi connectivity index (χ2n) is 8.08. The number of aromatic carboxylic acids is 1. The summed E-state index contributed by atoms with van der Waals surface area (Å²) >= 11 is 6.75. The second kappa shape index (κ2) is 9.36. The maximum Gasteiger partial charge on any atom is 0.335 e. The van der Waals surface area contributed by atoms with Crippen molar-refractivity contribution >= 4 is 63.0 Å². The Kier molecular flexibility index (Phi) is 6.10. The van der Waals surface area contributed by atoms with E-state index < -0.39 is 5.97 Å². The zero-order chi connectivity index (χ0) is 24.5. The van der Waals surface area contributed by atoms with Crippen molar-refractivity contribution in [3.63, 3.8) is 0 Å². The summed E-state index contributed by atoms with van der Waals surface area (Å²) in [5.41, 5.74) is 10.8. The molecule has 0 atom stereocenters. The molecule has 1 aromatic heterocycles. The fraction of sp³-hybridized carbons (Fsp3) is 0.0769. The molecule has 35 heavy (non-hydrogen) atoms. The Hall–Kier alpha value is -3.95. The molecule has 0 spiro atoms. The molecule has 3 aromatic carbocycles. The monoisotopic (exact) mass is 500 g/mol. The molecule has 1 aliphatic heterocycles.